The molecule has 298 valence electrons. The molecule has 0 N–H and O–H groups in total. The Balaban J connectivity index is 1.01. The molecule has 6 bridgehead atoms. The van der Waals surface area contributed by atoms with Gasteiger partial charge in [-0.3, -0.25) is 0 Å². The van der Waals surface area contributed by atoms with Crippen LogP contribution in [-0.2, 0) is 10.8 Å². The highest BCUT2D eigenvalue weighted by molar-refractivity contribution is 6.13. The van der Waals surface area contributed by atoms with Crippen LogP contribution in [0, 0.1) is 41.4 Å². The van der Waals surface area contributed by atoms with Crippen LogP contribution in [0.1, 0.15) is 106 Å². The van der Waals surface area contributed by atoms with Crippen LogP contribution in [0.25, 0.3) is 44.2 Å². The molecular weight excluding hydrogens is 727 g/mol. The van der Waals surface area contributed by atoms with Gasteiger partial charge < -0.3 is 9.32 Å². The number of para-hydroxylation sites is 1. The fourth-order valence-corrected chi connectivity index (χ4v) is 16.4. The van der Waals surface area contributed by atoms with E-state index in [1.54, 1.807) is 22.3 Å². The Morgan fingerprint density at radius 3 is 1.93 bits per heavy atom. The molecule has 6 saturated carbocycles. The first-order valence-corrected chi connectivity index (χ1v) is 23.8. The molecule has 7 aromatic rings. The minimum atomic E-state index is 0.103. The molecule has 4 atom stereocenters. The van der Waals surface area contributed by atoms with E-state index in [0.717, 1.165) is 40.8 Å². The maximum Gasteiger partial charge on any atom is 0.137 e. The molecule has 2 heteroatoms. The van der Waals surface area contributed by atoms with E-state index < -0.39 is 0 Å². The highest BCUT2D eigenvalue weighted by atomic mass is 16.3. The number of rotatable bonds is 4. The SMILES string of the molecule is CCC1CCC2CCCC(C1)C21c2ccccc2-c2cc(N(c3ccc4c(c3)C3(c5ccccc5-4)C4CC5CC(C4)CC3C5)c3cccc4oc5ccccc5c34)ccc21. The molecular formula is C58H55NO. The zero-order valence-corrected chi connectivity index (χ0v) is 35.0. The average Bonchev–Trinajstić information content (AvgIpc) is 3.89. The molecule has 15 rings (SSSR count). The van der Waals surface area contributed by atoms with Gasteiger partial charge in [-0.05, 0) is 186 Å². The van der Waals surface area contributed by atoms with Gasteiger partial charge in [0.25, 0.3) is 0 Å². The lowest BCUT2D eigenvalue weighted by molar-refractivity contribution is -0.0399. The molecule has 0 radical (unpaired) electrons. The van der Waals surface area contributed by atoms with E-state index in [-0.39, 0.29) is 10.8 Å². The summed E-state index contributed by atoms with van der Waals surface area (Å²) in [5.41, 5.74) is 18.2. The van der Waals surface area contributed by atoms with E-state index in [2.05, 4.69) is 139 Å². The number of benzene rings is 6. The van der Waals surface area contributed by atoms with Gasteiger partial charge in [-0.1, -0.05) is 111 Å². The third-order valence-corrected chi connectivity index (χ3v) is 18.3. The molecule has 0 aliphatic heterocycles. The van der Waals surface area contributed by atoms with Crippen molar-refractivity contribution in [3.05, 3.63) is 150 Å². The standard InChI is InChI=1S/C58H55NO/c1-2-35-21-22-38-11-9-12-39(28-35)57(38)50-17-7-4-14-45(50)48-33-42(24-26-51(48)57)59(53-18-10-20-55-56(53)47-15-5-8-19-54(47)60-55)43-23-25-46-44-13-3-6-16-49(44)58(52(46)34-43)40-29-36-27-37(31-40)32-41(58)30-36/h3-8,10,13-20,23-26,33-41H,2,9,11-12,21-22,27-32H2,1H3. The Hall–Kier alpha value is -5.08. The molecule has 8 aliphatic carbocycles. The first-order valence-electron chi connectivity index (χ1n) is 23.8. The summed E-state index contributed by atoms with van der Waals surface area (Å²) >= 11 is 0. The molecule has 2 spiro atoms. The Labute approximate surface area is 355 Å². The largest absolute Gasteiger partial charge is 0.456 e. The van der Waals surface area contributed by atoms with Crippen molar-refractivity contribution in [2.45, 2.75) is 94.8 Å². The molecule has 2 nitrogen and oxygen atoms in total. The summed E-state index contributed by atoms with van der Waals surface area (Å²) in [6, 6.07) is 50.0. The minimum absolute atomic E-state index is 0.103. The van der Waals surface area contributed by atoms with E-state index in [9.17, 15) is 0 Å². The number of furan rings is 1. The fraction of sp³-hybridized carbons (Fsp3) is 0.379. The van der Waals surface area contributed by atoms with E-state index >= 15 is 0 Å². The summed E-state index contributed by atoms with van der Waals surface area (Å²) in [6.45, 7) is 2.44. The van der Waals surface area contributed by atoms with Crippen molar-refractivity contribution in [3.63, 3.8) is 0 Å². The lowest BCUT2D eigenvalue weighted by atomic mass is 9.43. The first-order chi connectivity index (χ1) is 29.6. The maximum atomic E-state index is 6.63. The molecule has 8 aliphatic rings. The highest BCUT2D eigenvalue weighted by Gasteiger charge is 2.62. The van der Waals surface area contributed by atoms with E-state index in [1.807, 2.05) is 0 Å². The number of nitrogens with zero attached hydrogens (tertiary/aromatic N) is 1. The molecule has 0 amide bonds. The normalized spacial score (nSPS) is 31.4. The third-order valence-electron chi connectivity index (χ3n) is 18.3. The summed E-state index contributed by atoms with van der Waals surface area (Å²) < 4.78 is 6.63. The molecule has 4 unspecified atom stereocenters. The maximum absolute atomic E-state index is 6.63. The third kappa shape index (κ3) is 4.36. The summed E-state index contributed by atoms with van der Waals surface area (Å²) in [4.78, 5) is 2.63. The van der Waals surface area contributed by atoms with Gasteiger partial charge in [0.2, 0.25) is 0 Å². The number of hydrogen-bond acceptors (Lipinski definition) is 2. The zero-order valence-electron chi connectivity index (χ0n) is 35.0. The van der Waals surface area contributed by atoms with Gasteiger partial charge in [0, 0.05) is 27.6 Å². The van der Waals surface area contributed by atoms with Crippen LogP contribution in [0.3, 0.4) is 0 Å². The van der Waals surface area contributed by atoms with Crippen LogP contribution in [-0.4, -0.2) is 0 Å². The Bertz CT molecular complexity index is 2870. The number of anilines is 3. The summed E-state index contributed by atoms with van der Waals surface area (Å²) in [6.07, 6.45) is 16.5. The molecule has 1 heterocycles. The van der Waals surface area contributed by atoms with Crippen molar-refractivity contribution in [2.75, 3.05) is 4.90 Å². The molecule has 0 saturated heterocycles. The van der Waals surface area contributed by atoms with Crippen LogP contribution in [0.5, 0.6) is 0 Å². The molecule has 1 aromatic heterocycles. The molecule has 60 heavy (non-hydrogen) atoms. The zero-order chi connectivity index (χ0) is 39.3. The van der Waals surface area contributed by atoms with Gasteiger partial charge in [-0.25, -0.2) is 0 Å². The second-order valence-corrected chi connectivity index (χ2v) is 20.6. The predicted octanol–water partition coefficient (Wildman–Crippen LogP) is 15.7. The second kappa shape index (κ2) is 12.5. The van der Waals surface area contributed by atoms with E-state index in [1.165, 1.54) is 127 Å². The smallest absolute Gasteiger partial charge is 0.137 e. The molecule has 6 aromatic carbocycles. The quantitative estimate of drug-likeness (QED) is 0.177. The van der Waals surface area contributed by atoms with Gasteiger partial charge in [0.05, 0.1) is 11.1 Å². The van der Waals surface area contributed by atoms with E-state index in [4.69, 9.17) is 4.42 Å². The Morgan fingerprint density at radius 1 is 0.500 bits per heavy atom. The van der Waals surface area contributed by atoms with Gasteiger partial charge in [0.1, 0.15) is 11.2 Å². The topological polar surface area (TPSA) is 16.4 Å². The fourth-order valence-electron chi connectivity index (χ4n) is 16.4. The van der Waals surface area contributed by atoms with Crippen molar-refractivity contribution in [2.24, 2.45) is 41.4 Å². The van der Waals surface area contributed by atoms with Gasteiger partial charge in [-0.15, -0.1) is 0 Å². The van der Waals surface area contributed by atoms with Crippen molar-refractivity contribution in [1.82, 2.24) is 0 Å². The first kappa shape index (κ1) is 34.6. The van der Waals surface area contributed by atoms with Crippen molar-refractivity contribution < 1.29 is 4.42 Å². The van der Waals surface area contributed by atoms with Crippen LogP contribution in [0.4, 0.5) is 17.1 Å². The summed E-state index contributed by atoms with van der Waals surface area (Å²) in [5.74, 6) is 5.53. The van der Waals surface area contributed by atoms with Crippen LogP contribution < -0.4 is 4.90 Å². The van der Waals surface area contributed by atoms with Gasteiger partial charge >= 0.3 is 0 Å². The molecule has 6 fully saturated rings. The van der Waals surface area contributed by atoms with Crippen LogP contribution in [0.15, 0.2) is 132 Å². The predicted molar refractivity (Wildman–Crippen MR) is 246 cm³/mol. The van der Waals surface area contributed by atoms with Crippen molar-refractivity contribution >= 4 is 39.0 Å². The lowest BCUT2D eigenvalue weighted by Crippen LogP contribution is -2.55. The number of fused-ring (bicyclic) bond motifs is 9. The van der Waals surface area contributed by atoms with E-state index in [0.29, 0.717) is 11.8 Å². The van der Waals surface area contributed by atoms with Crippen LogP contribution >= 0.6 is 0 Å². The average molecular weight is 782 g/mol. The highest BCUT2D eigenvalue weighted by Crippen LogP contribution is 2.70. The minimum Gasteiger partial charge on any atom is -0.456 e. The second-order valence-electron chi connectivity index (χ2n) is 20.6. The lowest BCUT2D eigenvalue weighted by Gasteiger charge is -2.61. The monoisotopic (exact) mass is 781 g/mol. The van der Waals surface area contributed by atoms with Gasteiger partial charge in [-0.2, -0.15) is 0 Å². The Morgan fingerprint density at radius 2 is 1.13 bits per heavy atom. The van der Waals surface area contributed by atoms with Crippen molar-refractivity contribution in [3.8, 4) is 22.3 Å². The summed E-state index contributed by atoms with van der Waals surface area (Å²) in [5, 5.41) is 2.38. The van der Waals surface area contributed by atoms with Crippen molar-refractivity contribution in [1.29, 1.82) is 0 Å². The number of hydrogen-bond donors (Lipinski definition) is 0. The summed E-state index contributed by atoms with van der Waals surface area (Å²) in [7, 11) is 0. The van der Waals surface area contributed by atoms with Crippen LogP contribution in [0.2, 0.25) is 0 Å². The van der Waals surface area contributed by atoms with Gasteiger partial charge in [0.15, 0.2) is 0 Å². The Kier molecular flexibility index (Phi) is 7.21.